The summed E-state index contributed by atoms with van der Waals surface area (Å²) in [5, 5.41) is 13.4. The first-order valence-electron chi connectivity index (χ1n) is 7.95. The monoisotopic (exact) mass is 351 g/mol. The summed E-state index contributed by atoms with van der Waals surface area (Å²) < 4.78 is 15.6. The standard InChI is InChI=1S/C17H19ClFN3O2/c18-15-4-2-12(8-16(15)19)10-21-6-1-7-22-14(11-21)9-13(20-22)3-5-17(23)24/h2,4,8-9H,1,3,5-7,10-11H2,(H,23,24). The van der Waals surface area contributed by atoms with Crippen LogP contribution in [-0.4, -0.2) is 32.3 Å². The molecule has 3 rings (SSSR count). The van der Waals surface area contributed by atoms with Crippen LogP contribution in [-0.2, 0) is 30.8 Å². The van der Waals surface area contributed by atoms with Crippen molar-refractivity contribution in [2.45, 2.75) is 38.9 Å². The average molecular weight is 352 g/mol. The van der Waals surface area contributed by atoms with Crippen LogP contribution in [0.2, 0.25) is 5.02 Å². The van der Waals surface area contributed by atoms with Crippen LogP contribution in [0.3, 0.4) is 0 Å². The van der Waals surface area contributed by atoms with Gasteiger partial charge in [0.15, 0.2) is 0 Å². The number of carbonyl (C=O) groups is 1. The molecule has 0 spiro atoms. The summed E-state index contributed by atoms with van der Waals surface area (Å²) in [6, 6.07) is 6.87. The van der Waals surface area contributed by atoms with Gasteiger partial charge in [-0.3, -0.25) is 14.4 Å². The number of aryl methyl sites for hydroxylation is 2. The zero-order chi connectivity index (χ0) is 17.1. The van der Waals surface area contributed by atoms with Gasteiger partial charge in [0, 0.05) is 32.6 Å². The van der Waals surface area contributed by atoms with Crippen LogP contribution < -0.4 is 0 Å². The minimum Gasteiger partial charge on any atom is -0.481 e. The SMILES string of the molecule is O=C(O)CCc1cc2n(n1)CCCN(Cc1ccc(Cl)c(F)c1)C2. The quantitative estimate of drug-likeness (QED) is 0.899. The second-order valence-corrected chi connectivity index (χ2v) is 6.46. The fraction of sp³-hybridized carbons (Fsp3) is 0.412. The van der Waals surface area contributed by atoms with Crippen molar-refractivity contribution in [1.29, 1.82) is 0 Å². The molecule has 5 nitrogen and oxygen atoms in total. The number of carboxylic acid groups (broad SMARTS) is 1. The summed E-state index contributed by atoms with van der Waals surface area (Å²) in [6.07, 6.45) is 1.48. The Morgan fingerprint density at radius 3 is 2.92 bits per heavy atom. The van der Waals surface area contributed by atoms with Crippen molar-refractivity contribution in [2.24, 2.45) is 0 Å². The third-order valence-electron chi connectivity index (χ3n) is 4.13. The third-order valence-corrected chi connectivity index (χ3v) is 4.44. The maximum absolute atomic E-state index is 13.6. The fourth-order valence-electron chi connectivity index (χ4n) is 2.98. The number of benzene rings is 1. The predicted octanol–water partition coefficient (Wildman–Crippen LogP) is 3.10. The van der Waals surface area contributed by atoms with E-state index >= 15 is 0 Å². The van der Waals surface area contributed by atoms with E-state index in [0.29, 0.717) is 19.5 Å². The first-order chi connectivity index (χ1) is 11.5. The number of aromatic nitrogens is 2. The molecule has 1 N–H and O–H groups in total. The minimum absolute atomic E-state index is 0.0875. The molecule has 1 aromatic heterocycles. The number of aliphatic carboxylic acids is 1. The van der Waals surface area contributed by atoms with Crippen molar-refractivity contribution in [3.63, 3.8) is 0 Å². The molecular weight excluding hydrogens is 333 g/mol. The molecule has 0 bridgehead atoms. The van der Waals surface area contributed by atoms with Crippen LogP contribution in [0.15, 0.2) is 24.3 Å². The normalized spacial score (nSPS) is 15.1. The number of carboxylic acids is 1. The van der Waals surface area contributed by atoms with Crippen LogP contribution in [0.25, 0.3) is 0 Å². The molecule has 1 aromatic carbocycles. The number of hydrogen-bond donors (Lipinski definition) is 1. The lowest BCUT2D eigenvalue weighted by Gasteiger charge is -2.19. The van der Waals surface area contributed by atoms with E-state index in [9.17, 15) is 9.18 Å². The summed E-state index contributed by atoms with van der Waals surface area (Å²) in [5.74, 6) is -1.21. The molecule has 0 radical (unpaired) electrons. The molecular formula is C17H19ClFN3O2. The molecule has 1 aliphatic rings. The van der Waals surface area contributed by atoms with Gasteiger partial charge in [-0.15, -0.1) is 0 Å². The zero-order valence-corrected chi connectivity index (χ0v) is 14.0. The molecule has 0 unspecified atom stereocenters. The molecule has 24 heavy (non-hydrogen) atoms. The molecule has 0 atom stereocenters. The highest BCUT2D eigenvalue weighted by atomic mass is 35.5. The van der Waals surface area contributed by atoms with Gasteiger partial charge < -0.3 is 5.11 Å². The molecule has 128 valence electrons. The smallest absolute Gasteiger partial charge is 0.303 e. The third kappa shape index (κ3) is 4.13. The van der Waals surface area contributed by atoms with Gasteiger partial charge in [-0.1, -0.05) is 17.7 Å². The van der Waals surface area contributed by atoms with E-state index in [1.54, 1.807) is 6.07 Å². The molecule has 0 fully saturated rings. The largest absolute Gasteiger partial charge is 0.481 e. The lowest BCUT2D eigenvalue weighted by molar-refractivity contribution is -0.136. The molecule has 2 aromatic rings. The zero-order valence-electron chi connectivity index (χ0n) is 13.2. The van der Waals surface area contributed by atoms with Crippen molar-refractivity contribution >= 4 is 17.6 Å². The Kier molecular flexibility index (Phi) is 5.16. The summed E-state index contributed by atoms with van der Waals surface area (Å²) in [4.78, 5) is 12.9. The van der Waals surface area contributed by atoms with Crippen LogP contribution in [0.4, 0.5) is 4.39 Å². The van der Waals surface area contributed by atoms with Crippen LogP contribution in [0, 0.1) is 5.82 Å². The van der Waals surface area contributed by atoms with E-state index < -0.39 is 11.8 Å². The molecule has 0 aliphatic carbocycles. The van der Waals surface area contributed by atoms with Gasteiger partial charge in [-0.25, -0.2) is 4.39 Å². The summed E-state index contributed by atoms with van der Waals surface area (Å²) in [5.41, 5.74) is 2.77. The number of rotatable bonds is 5. The van der Waals surface area contributed by atoms with E-state index in [1.807, 2.05) is 16.8 Å². The van der Waals surface area contributed by atoms with Crippen LogP contribution in [0.1, 0.15) is 29.8 Å². The second-order valence-electron chi connectivity index (χ2n) is 6.06. The van der Waals surface area contributed by atoms with Gasteiger partial charge in [0.25, 0.3) is 0 Å². The molecule has 7 heteroatoms. The number of halogens is 2. The lowest BCUT2D eigenvalue weighted by atomic mass is 10.2. The van der Waals surface area contributed by atoms with Crippen molar-refractivity contribution in [1.82, 2.24) is 14.7 Å². The summed E-state index contributed by atoms with van der Waals surface area (Å²) >= 11 is 5.73. The minimum atomic E-state index is -0.815. The molecule has 0 saturated carbocycles. The molecule has 0 amide bonds. The van der Waals surface area contributed by atoms with Crippen molar-refractivity contribution in [3.05, 3.63) is 52.1 Å². The number of hydrogen-bond acceptors (Lipinski definition) is 3. The van der Waals surface area contributed by atoms with E-state index in [4.69, 9.17) is 16.7 Å². The Morgan fingerprint density at radius 1 is 1.33 bits per heavy atom. The van der Waals surface area contributed by atoms with Gasteiger partial charge >= 0.3 is 5.97 Å². The Bertz CT molecular complexity index is 747. The highest BCUT2D eigenvalue weighted by Gasteiger charge is 2.17. The first kappa shape index (κ1) is 16.9. The van der Waals surface area contributed by atoms with Crippen LogP contribution >= 0.6 is 11.6 Å². The van der Waals surface area contributed by atoms with Crippen molar-refractivity contribution in [3.8, 4) is 0 Å². The van der Waals surface area contributed by atoms with E-state index in [1.165, 1.54) is 6.07 Å². The highest BCUT2D eigenvalue weighted by molar-refractivity contribution is 6.30. The van der Waals surface area contributed by atoms with Gasteiger partial charge in [0.1, 0.15) is 5.82 Å². The second kappa shape index (κ2) is 7.32. The highest BCUT2D eigenvalue weighted by Crippen LogP contribution is 2.20. The first-order valence-corrected chi connectivity index (χ1v) is 8.33. The van der Waals surface area contributed by atoms with E-state index in [2.05, 4.69) is 10.00 Å². The van der Waals surface area contributed by atoms with E-state index in [-0.39, 0.29) is 11.4 Å². The Balaban J connectivity index is 1.69. The molecule has 0 saturated heterocycles. The molecule has 2 heterocycles. The Hall–Kier alpha value is -1.92. The predicted molar refractivity (Wildman–Crippen MR) is 88.3 cm³/mol. The maximum atomic E-state index is 13.6. The fourth-order valence-corrected chi connectivity index (χ4v) is 3.09. The topological polar surface area (TPSA) is 58.4 Å². The Morgan fingerprint density at radius 2 is 2.17 bits per heavy atom. The van der Waals surface area contributed by atoms with Gasteiger partial charge in [-0.05, 0) is 30.2 Å². The van der Waals surface area contributed by atoms with Crippen molar-refractivity contribution < 1.29 is 14.3 Å². The Labute approximate surface area is 144 Å². The maximum Gasteiger partial charge on any atom is 0.303 e. The number of nitrogens with zero attached hydrogens (tertiary/aromatic N) is 3. The van der Waals surface area contributed by atoms with Crippen molar-refractivity contribution in [2.75, 3.05) is 6.54 Å². The van der Waals surface area contributed by atoms with E-state index in [0.717, 1.165) is 36.5 Å². The number of fused-ring (bicyclic) bond motifs is 1. The lowest BCUT2D eigenvalue weighted by Crippen LogP contribution is -2.22. The average Bonchev–Trinajstić information content (AvgIpc) is 2.81. The van der Waals surface area contributed by atoms with Gasteiger partial charge in [-0.2, -0.15) is 5.10 Å². The van der Waals surface area contributed by atoms with Gasteiger partial charge in [0.05, 0.1) is 22.8 Å². The van der Waals surface area contributed by atoms with Gasteiger partial charge in [0.2, 0.25) is 0 Å². The summed E-state index contributed by atoms with van der Waals surface area (Å²) in [7, 11) is 0. The summed E-state index contributed by atoms with van der Waals surface area (Å²) in [6.45, 7) is 3.07. The van der Waals surface area contributed by atoms with Crippen LogP contribution in [0.5, 0.6) is 0 Å². The molecule has 1 aliphatic heterocycles.